The van der Waals surface area contributed by atoms with E-state index in [2.05, 4.69) is 0 Å². The third-order valence-corrected chi connectivity index (χ3v) is 7.41. The molecule has 0 spiro atoms. The molecule has 1 fully saturated rings. The van der Waals surface area contributed by atoms with Crippen LogP contribution >= 0.6 is 11.3 Å². The maximum atomic E-state index is 13.4. The minimum atomic E-state index is -3.66. The molecule has 8 heteroatoms. The molecule has 2 aromatic rings. The fraction of sp³-hybridized carbons (Fsp3) is 0.389. The first-order valence-corrected chi connectivity index (χ1v) is 10.9. The van der Waals surface area contributed by atoms with Crippen LogP contribution < -0.4 is 0 Å². The fourth-order valence-corrected chi connectivity index (χ4v) is 5.93. The van der Waals surface area contributed by atoms with E-state index in [1.807, 2.05) is 6.92 Å². The first-order chi connectivity index (χ1) is 12.4. The average Bonchev–Trinajstić information content (AvgIpc) is 3.30. The van der Waals surface area contributed by atoms with E-state index in [0.29, 0.717) is 25.2 Å². The van der Waals surface area contributed by atoms with Gasteiger partial charge in [0.2, 0.25) is 10.0 Å². The third kappa shape index (κ3) is 3.82. The molecule has 0 radical (unpaired) electrons. The van der Waals surface area contributed by atoms with Crippen molar-refractivity contribution in [3.63, 3.8) is 0 Å². The summed E-state index contributed by atoms with van der Waals surface area (Å²) in [6, 6.07) is 7.57. The summed E-state index contributed by atoms with van der Waals surface area (Å²) in [4.78, 5) is 14.8. The van der Waals surface area contributed by atoms with Crippen molar-refractivity contribution in [2.45, 2.75) is 31.2 Å². The van der Waals surface area contributed by atoms with Crippen molar-refractivity contribution in [3.05, 3.63) is 52.0 Å². The van der Waals surface area contributed by atoms with Gasteiger partial charge in [0.05, 0.1) is 0 Å². The summed E-state index contributed by atoms with van der Waals surface area (Å²) in [5, 5.41) is 1.63. The van der Waals surface area contributed by atoms with Crippen molar-refractivity contribution < 1.29 is 17.6 Å². The first-order valence-electron chi connectivity index (χ1n) is 8.55. The molecule has 1 aliphatic heterocycles. The number of carbonyl (C=O) groups is 1. The van der Waals surface area contributed by atoms with Gasteiger partial charge in [0.15, 0.2) is 0 Å². The highest BCUT2D eigenvalue weighted by Gasteiger charge is 2.33. The van der Waals surface area contributed by atoms with Crippen LogP contribution in [0.5, 0.6) is 0 Å². The molecular formula is C18H21FN2O3S2. The molecule has 1 aromatic heterocycles. The lowest BCUT2D eigenvalue weighted by Gasteiger charge is -2.22. The van der Waals surface area contributed by atoms with Crippen LogP contribution in [0.25, 0.3) is 0 Å². The minimum absolute atomic E-state index is 0.0760. The normalized spacial score (nSPS) is 15.3. The Bertz CT molecular complexity index is 889. The van der Waals surface area contributed by atoms with Crippen LogP contribution in [0.4, 0.5) is 4.39 Å². The summed E-state index contributed by atoms with van der Waals surface area (Å²) in [5.41, 5.74) is 0.667. The summed E-state index contributed by atoms with van der Waals surface area (Å²) in [7, 11) is -3.66. The van der Waals surface area contributed by atoms with Crippen LogP contribution in [0, 0.1) is 5.82 Å². The number of benzene rings is 1. The second kappa shape index (κ2) is 7.85. The predicted octanol–water partition coefficient (Wildman–Crippen LogP) is 3.33. The molecule has 0 saturated carbocycles. The Morgan fingerprint density at radius 3 is 2.65 bits per heavy atom. The van der Waals surface area contributed by atoms with Gasteiger partial charge in [0.25, 0.3) is 5.91 Å². The molecular weight excluding hydrogens is 375 g/mol. The topological polar surface area (TPSA) is 57.7 Å². The standard InChI is InChI=1S/C18H21FN2O3S2/c1-2-20(13-14-6-5-7-15(19)12-14)18(22)17-16(8-11-25-17)26(23,24)21-9-3-4-10-21/h5-8,11-12H,2-4,9-10,13H2,1H3. The molecule has 0 N–H and O–H groups in total. The first kappa shape index (κ1) is 19.0. The molecule has 0 aliphatic carbocycles. The van der Waals surface area contributed by atoms with Crippen LogP contribution in [-0.2, 0) is 16.6 Å². The number of halogens is 1. The number of amides is 1. The molecule has 1 amide bonds. The van der Waals surface area contributed by atoms with Crippen molar-refractivity contribution in [2.24, 2.45) is 0 Å². The Morgan fingerprint density at radius 2 is 2.00 bits per heavy atom. The maximum absolute atomic E-state index is 13.4. The molecule has 3 rings (SSSR count). The van der Waals surface area contributed by atoms with Gasteiger partial charge in [-0.25, -0.2) is 12.8 Å². The Kier molecular flexibility index (Phi) is 5.74. The molecule has 0 unspecified atom stereocenters. The van der Waals surface area contributed by atoms with Gasteiger partial charge in [-0.3, -0.25) is 4.79 Å². The van der Waals surface area contributed by atoms with Gasteiger partial charge >= 0.3 is 0 Å². The molecule has 26 heavy (non-hydrogen) atoms. The summed E-state index contributed by atoms with van der Waals surface area (Å²) in [5.74, 6) is -0.705. The zero-order valence-electron chi connectivity index (χ0n) is 14.5. The third-order valence-electron chi connectivity index (χ3n) is 4.44. The lowest BCUT2D eigenvalue weighted by atomic mass is 10.2. The van der Waals surface area contributed by atoms with Crippen LogP contribution in [0.3, 0.4) is 0 Å². The molecule has 1 aliphatic rings. The van der Waals surface area contributed by atoms with Gasteiger partial charge in [-0.15, -0.1) is 11.3 Å². The second-order valence-corrected chi connectivity index (χ2v) is 9.00. The van der Waals surface area contributed by atoms with Gasteiger partial charge in [-0.05, 0) is 48.9 Å². The van der Waals surface area contributed by atoms with E-state index in [0.717, 1.165) is 24.2 Å². The maximum Gasteiger partial charge on any atom is 0.265 e. The van der Waals surface area contributed by atoms with Gasteiger partial charge in [0.1, 0.15) is 15.6 Å². The summed E-state index contributed by atoms with van der Waals surface area (Å²) in [6.07, 6.45) is 1.68. The molecule has 0 atom stereocenters. The molecule has 2 heterocycles. The predicted molar refractivity (Wildman–Crippen MR) is 99.1 cm³/mol. The Labute approximate surface area is 157 Å². The van der Waals surface area contributed by atoms with Crippen molar-refractivity contribution in [3.8, 4) is 0 Å². The van der Waals surface area contributed by atoms with Crippen molar-refractivity contribution in [1.29, 1.82) is 0 Å². The fourth-order valence-electron chi connectivity index (χ4n) is 3.05. The van der Waals surface area contributed by atoms with Gasteiger partial charge in [-0.2, -0.15) is 4.31 Å². The second-order valence-electron chi connectivity index (χ2n) is 6.17. The number of rotatable bonds is 6. The quantitative estimate of drug-likeness (QED) is 0.753. The lowest BCUT2D eigenvalue weighted by Crippen LogP contribution is -2.33. The van der Waals surface area contributed by atoms with Crippen LogP contribution in [0.2, 0.25) is 0 Å². The molecule has 1 saturated heterocycles. The minimum Gasteiger partial charge on any atom is -0.334 e. The zero-order chi connectivity index (χ0) is 18.7. The number of hydrogen-bond donors (Lipinski definition) is 0. The molecule has 1 aromatic carbocycles. The summed E-state index contributed by atoms with van der Waals surface area (Å²) in [6.45, 7) is 3.43. The van der Waals surface area contributed by atoms with E-state index in [4.69, 9.17) is 0 Å². The van der Waals surface area contributed by atoms with E-state index in [9.17, 15) is 17.6 Å². The van der Waals surface area contributed by atoms with E-state index < -0.39 is 10.0 Å². The van der Waals surface area contributed by atoms with Crippen molar-refractivity contribution in [1.82, 2.24) is 9.21 Å². The lowest BCUT2D eigenvalue weighted by molar-refractivity contribution is 0.0753. The van der Waals surface area contributed by atoms with E-state index in [1.165, 1.54) is 27.4 Å². The number of thiophene rings is 1. The summed E-state index contributed by atoms with van der Waals surface area (Å²) >= 11 is 1.13. The number of sulfonamides is 1. The van der Waals surface area contributed by atoms with Crippen molar-refractivity contribution >= 4 is 27.3 Å². The highest BCUT2D eigenvalue weighted by molar-refractivity contribution is 7.89. The van der Waals surface area contributed by atoms with Crippen LogP contribution in [-0.4, -0.2) is 43.2 Å². The van der Waals surface area contributed by atoms with Crippen LogP contribution in [0.1, 0.15) is 35.0 Å². The van der Waals surface area contributed by atoms with E-state index >= 15 is 0 Å². The molecule has 0 bridgehead atoms. The zero-order valence-corrected chi connectivity index (χ0v) is 16.2. The number of hydrogen-bond acceptors (Lipinski definition) is 4. The smallest absolute Gasteiger partial charge is 0.265 e. The highest BCUT2D eigenvalue weighted by atomic mass is 32.2. The van der Waals surface area contributed by atoms with Gasteiger partial charge in [0, 0.05) is 26.2 Å². The Balaban J connectivity index is 1.86. The Hall–Kier alpha value is -1.77. The number of nitrogens with zero attached hydrogens (tertiary/aromatic N) is 2. The molecule has 140 valence electrons. The summed E-state index contributed by atoms with van der Waals surface area (Å²) < 4.78 is 40.5. The van der Waals surface area contributed by atoms with Gasteiger partial charge < -0.3 is 4.90 Å². The highest BCUT2D eigenvalue weighted by Crippen LogP contribution is 2.29. The number of carbonyl (C=O) groups excluding carboxylic acids is 1. The Morgan fingerprint density at radius 1 is 1.27 bits per heavy atom. The largest absolute Gasteiger partial charge is 0.334 e. The van der Waals surface area contributed by atoms with E-state index in [1.54, 1.807) is 17.5 Å². The molecule has 5 nitrogen and oxygen atoms in total. The monoisotopic (exact) mass is 396 g/mol. The SMILES string of the molecule is CCN(Cc1cccc(F)c1)C(=O)c1sccc1S(=O)(=O)N1CCCC1. The van der Waals surface area contributed by atoms with E-state index in [-0.39, 0.29) is 28.0 Å². The van der Waals surface area contributed by atoms with Crippen LogP contribution in [0.15, 0.2) is 40.6 Å². The van der Waals surface area contributed by atoms with Gasteiger partial charge in [-0.1, -0.05) is 12.1 Å². The van der Waals surface area contributed by atoms with Crippen molar-refractivity contribution in [2.75, 3.05) is 19.6 Å². The average molecular weight is 397 g/mol.